The largest absolute Gasteiger partial charge is 0.503 e. The first-order valence-electron chi connectivity index (χ1n) is 9.41. The molecule has 1 N–H and O–H groups in total. The number of Topliss-reactive ketones (excluding diaryl/α,β-unsaturated/α-hetero) is 1. The summed E-state index contributed by atoms with van der Waals surface area (Å²) in [5.41, 5.74) is 1.89. The van der Waals surface area contributed by atoms with Crippen molar-refractivity contribution in [3.63, 3.8) is 0 Å². The summed E-state index contributed by atoms with van der Waals surface area (Å²) in [7, 11) is 1.52. The van der Waals surface area contributed by atoms with Gasteiger partial charge in [0.2, 0.25) is 10.9 Å². The lowest BCUT2D eigenvalue weighted by Gasteiger charge is -2.24. The van der Waals surface area contributed by atoms with Crippen molar-refractivity contribution >= 4 is 28.2 Å². The highest BCUT2D eigenvalue weighted by molar-refractivity contribution is 7.13. The Morgan fingerprint density at radius 3 is 2.71 bits per heavy atom. The fourth-order valence-corrected chi connectivity index (χ4v) is 4.03. The lowest BCUT2D eigenvalue weighted by Crippen LogP contribution is -2.31. The van der Waals surface area contributed by atoms with Crippen LogP contribution in [0.4, 0.5) is 5.13 Å². The summed E-state index contributed by atoms with van der Waals surface area (Å²) in [5, 5.41) is 18.7. The van der Waals surface area contributed by atoms with Crippen LogP contribution in [0.1, 0.15) is 34.8 Å². The SMILES string of the molecule is CCOc1cc(C2C(C(=O)c3ccc(C)o3)=C(O)C(=O)N2c2nncs2)ccc1OC. The minimum atomic E-state index is -0.955. The summed E-state index contributed by atoms with van der Waals surface area (Å²) in [6.45, 7) is 3.93. The summed E-state index contributed by atoms with van der Waals surface area (Å²) in [6, 6.07) is 7.24. The van der Waals surface area contributed by atoms with Crippen molar-refractivity contribution in [2.45, 2.75) is 19.9 Å². The molecule has 0 spiro atoms. The van der Waals surface area contributed by atoms with Gasteiger partial charge in [-0.05, 0) is 43.7 Å². The maximum Gasteiger partial charge on any atom is 0.296 e. The Kier molecular flexibility index (Phi) is 5.47. The van der Waals surface area contributed by atoms with Crippen molar-refractivity contribution in [3.8, 4) is 11.5 Å². The van der Waals surface area contributed by atoms with Crippen molar-refractivity contribution in [1.29, 1.82) is 0 Å². The van der Waals surface area contributed by atoms with Gasteiger partial charge < -0.3 is 19.0 Å². The summed E-state index contributed by atoms with van der Waals surface area (Å²) in [4.78, 5) is 27.5. The standard InChI is InChI=1S/C21H19N3O6S/c1-4-29-15-9-12(6-8-13(15)28-3)17-16(18(25)14-7-5-11(2)30-14)19(26)20(27)24(17)21-23-22-10-31-21/h5-10,17,26H,4H2,1-3H3. The molecule has 4 rings (SSSR count). The van der Waals surface area contributed by atoms with E-state index in [0.717, 1.165) is 11.3 Å². The number of aliphatic hydroxyl groups is 1. The average Bonchev–Trinajstić information content (AvgIpc) is 3.49. The van der Waals surface area contributed by atoms with Gasteiger partial charge in [-0.1, -0.05) is 17.4 Å². The van der Waals surface area contributed by atoms with Gasteiger partial charge in [0.05, 0.1) is 25.3 Å². The Bertz CT molecular complexity index is 1170. The van der Waals surface area contributed by atoms with Gasteiger partial charge >= 0.3 is 0 Å². The lowest BCUT2D eigenvalue weighted by molar-refractivity contribution is -0.117. The molecule has 9 nitrogen and oxygen atoms in total. The highest BCUT2D eigenvalue weighted by Gasteiger charge is 2.46. The van der Waals surface area contributed by atoms with Crippen LogP contribution >= 0.6 is 11.3 Å². The van der Waals surface area contributed by atoms with Gasteiger partial charge in [-0.2, -0.15) is 0 Å². The second-order valence-electron chi connectivity index (χ2n) is 6.64. The Morgan fingerprint density at radius 1 is 1.29 bits per heavy atom. The number of hydrogen-bond acceptors (Lipinski definition) is 9. The predicted octanol–water partition coefficient (Wildman–Crippen LogP) is 3.63. The smallest absolute Gasteiger partial charge is 0.296 e. The molecule has 1 aromatic carbocycles. The second-order valence-corrected chi connectivity index (χ2v) is 7.46. The maximum atomic E-state index is 13.3. The van der Waals surface area contributed by atoms with Crippen LogP contribution in [0.15, 0.2) is 51.6 Å². The van der Waals surface area contributed by atoms with Gasteiger partial charge in [0, 0.05) is 0 Å². The van der Waals surface area contributed by atoms with Crippen LogP contribution in [0, 0.1) is 6.92 Å². The summed E-state index contributed by atoms with van der Waals surface area (Å²) in [5.74, 6) is -0.498. The fraction of sp³-hybridized carbons (Fsp3) is 0.238. The van der Waals surface area contributed by atoms with E-state index in [1.54, 1.807) is 31.2 Å². The third-order valence-corrected chi connectivity index (χ3v) is 5.46. The summed E-state index contributed by atoms with van der Waals surface area (Å²) >= 11 is 1.11. The quantitative estimate of drug-likeness (QED) is 0.553. The van der Waals surface area contributed by atoms with Crippen LogP contribution in [0.25, 0.3) is 0 Å². The van der Waals surface area contributed by atoms with Crippen molar-refractivity contribution in [1.82, 2.24) is 10.2 Å². The number of ketones is 1. The van der Waals surface area contributed by atoms with Gasteiger partial charge in [0.15, 0.2) is 23.0 Å². The predicted molar refractivity (Wildman–Crippen MR) is 112 cm³/mol. The highest BCUT2D eigenvalue weighted by atomic mass is 32.1. The molecule has 1 atom stereocenters. The maximum absolute atomic E-state index is 13.3. The van der Waals surface area contributed by atoms with E-state index in [1.807, 2.05) is 6.92 Å². The monoisotopic (exact) mass is 441 g/mol. The Morgan fingerprint density at radius 2 is 2.10 bits per heavy atom. The van der Waals surface area contributed by atoms with E-state index in [0.29, 0.717) is 29.4 Å². The molecule has 1 unspecified atom stereocenters. The number of rotatable bonds is 7. The van der Waals surface area contributed by atoms with E-state index >= 15 is 0 Å². The molecule has 0 radical (unpaired) electrons. The lowest BCUT2D eigenvalue weighted by atomic mass is 9.95. The first-order chi connectivity index (χ1) is 15.0. The molecular weight excluding hydrogens is 422 g/mol. The summed E-state index contributed by atoms with van der Waals surface area (Å²) < 4.78 is 16.4. The number of methoxy groups -OCH3 is 1. The number of aromatic nitrogens is 2. The van der Waals surface area contributed by atoms with E-state index in [4.69, 9.17) is 13.9 Å². The molecular formula is C21H19N3O6S. The number of ether oxygens (including phenoxy) is 2. The number of benzene rings is 1. The fourth-order valence-electron chi connectivity index (χ4n) is 3.44. The van der Waals surface area contributed by atoms with Crippen LogP contribution in [-0.2, 0) is 4.79 Å². The minimum absolute atomic E-state index is 0.0227. The molecule has 0 aliphatic carbocycles. The minimum Gasteiger partial charge on any atom is -0.503 e. The van der Waals surface area contributed by atoms with Gasteiger partial charge in [-0.15, -0.1) is 10.2 Å². The number of nitrogens with zero attached hydrogens (tertiary/aromatic N) is 3. The van der Waals surface area contributed by atoms with Gasteiger partial charge in [0.1, 0.15) is 11.3 Å². The number of furan rings is 1. The topological polar surface area (TPSA) is 115 Å². The molecule has 2 aromatic heterocycles. The van der Waals surface area contributed by atoms with Crippen LogP contribution in [0.5, 0.6) is 11.5 Å². The number of aliphatic hydroxyl groups excluding tert-OH is 1. The molecule has 10 heteroatoms. The van der Waals surface area contributed by atoms with Gasteiger partial charge in [-0.3, -0.25) is 14.5 Å². The molecule has 31 heavy (non-hydrogen) atoms. The molecule has 1 amide bonds. The summed E-state index contributed by atoms with van der Waals surface area (Å²) in [6.07, 6.45) is 0. The van der Waals surface area contributed by atoms with E-state index < -0.39 is 23.5 Å². The van der Waals surface area contributed by atoms with Crippen LogP contribution < -0.4 is 14.4 Å². The molecule has 1 aliphatic heterocycles. The highest BCUT2D eigenvalue weighted by Crippen LogP contribution is 2.44. The molecule has 0 fully saturated rings. The van der Waals surface area contributed by atoms with Crippen LogP contribution in [0.3, 0.4) is 0 Å². The van der Waals surface area contributed by atoms with E-state index in [-0.39, 0.29) is 16.5 Å². The Labute approximate surface area is 181 Å². The molecule has 3 aromatic rings. The first kappa shape index (κ1) is 20.6. The van der Waals surface area contributed by atoms with Crippen molar-refractivity contribution < 1.29 is 28.6 Å². The van der Waals surface area contributed by atoms with Crippen LogP contribution in [0.2, 0.25) is 0 Å². The van der Waals surface area contributed by atoms with Crippen molar-refractivity contribution in [2.75, 3.05) is 18.6 Å². The number of carbonyl (C=O) groups excluding carboxylic acids is 2. The number of anilines is 1. The molecule has 3 heterocycles. The van der Waals surface area contributed by atoms with Crippen molar-refractivity contribution in [2.24, 2.45) is 0 Å². The van der Waals surface area contributed by atoms with Crippen LogP contribution in [-0.4, -0.2) is 40.7 Å². The number of amides is 1. The molecule has 1 aliphatic rings. The van der Waals surface area contributed by atoms with E-state index in [9.17, 15) is 14.7 Å². The van der Waals surface area contributed by atoms with E-state index in [1.165, 1.54) is 23.6 Å². The van der Waals surface area contributed by atoms with E-state index in [2.05, 4.69) is 10.2 Å². The third kappa shape index (κ3) is 3.55. The molecule has 0 saturated carbocycles. The zero-order chi connectivity index (χ0) is 22.1. The number of aryl methyl sites for hydroxylation is 1. The van der Waals surface area contributed by atoms with Gasteiger partial charge in [-0.25, -0.2) is 0 Å². The first-order valence-corrected chi connectivity index (χ1v) is 10.3. The van der Waals surface area contributed by atoms with Crippen molar-refractivity contribution in [3.05, 3.63) is 64.3 Å². The third-order valence-electron chi connectivity index (χ3n) is 4.77. The molecule has 0 bridgehead atoms. The zero-order valence-corrected chi connectivity index (χ0v) is 17.8. The molecule has 0 saturated heterocycles. The number of hydrogen-bond donors (Lipinski definition) is 1. The Hall–Kier alpha value is -3.66. The average molecular weight is 441 g/mol. The zero-order valence-electron chi connectivity index (χ0n) is 17.0. The van der Waals surface area contributed by atoms with Gasteiger partial charge in [0.25, 0.3) is 5.91 Å². The Balaban J connectivity index is 1.88. The number of carbonyl (C=O) groups is 2. The molecule has 160 valence electrons. The second kappa shape index (κ2) is 8.23. The normalized spacial score (nSPS) is 16.2.